The number of aliphatic hydroxyl groups is 1. The highest BCUT2D eigenvalue weighted by atomic mass is 35.5. The zero-order valence-corrected chi connectivity index (χ0v) is 10.5. The van der Waals surface area contributed by atoms with Crippen molar-refractivity contribution in [1.29, 1.82) is 0 Å². The largest absolute Gasteiger partial charge is 0.387 e. The van der Waals surface area contributed by atoms with Crippen LogP contribution in [0.1, 0.15) is 28.7 Å². The third-order valence-corrected chi connectivity index (χ3v) is 3.61. The summed E-state index contributed by atoms with van der Waals surface area (Å²) in [4.78, 5) is 0. The lowest BCUT2D eigenvalue weighted by molar-refractivity contribution is 0.160. The third-order valence-electron chi connectivity index (χ3n) is 3.37. The minimum absolute atomic E-state index is 0.0291. The van der Waals surface area contributed by atoms with Gasteiger partial charge in [0.2, 0.25) is 0 Å². The van der Waals surface area contributed by atoms with E-state index in [4.69, 9.17) is 11.6 Å². The number of hydrogen-bond donors (Lipinski definition) is 1. The van der Waals surface area contributed by atoms with E-state index < -0.39 is 6.10 Å². The first-order valence-electron chi connectivity index (χ1n) is 5.96. The summed E-state index contributed by atoms with van der Waals surface area (Å²) in [5, 5.41) is 11.2. The molecule has 0 fully saturated rings. The standard InChI is InChI=1S/C16H13ClO/c17-13-6-3-5-12(10-13)15-9-8-11-4-1-2-7-14(11)16(15)18/h1-10,15-16,18H/t15-,16?/m1/s1. The number of benzene rings is 2. The lowest BCUT2D eigenvalue weighted by Crippen LogP contribution is -2.13. The van der Waals surface area contributed by atoms with Crippen molar-refractivity contribution in [2.24, 2.45) is 0 Å². The normalized spacial score (nSPS) is 21.7. The zero-order valence-electron chi connectivity index (χ0n) is 9.75. The maximum absolute atomic E-state index is 10.5. The Morgan fingerprint density at radius 1 is 1.00 bits per heavy atom. The highest BCUT2D eigenvalue weighted by molar-refractivity contribution is 6.30. The molecule has 0 heterocycles. The molecule has 0 bridgehead atoms. The van der Waals surface area contributed by atoms with E-state index in [1.54, 1.807) is 0 Å². The fourth-order valence-corrected chi connectivity index (χ4v) is 2.64. The first-order chi connectivity index (χ1) is 8.75. The van der Waals surface area contributed by atoms with Crippen molar-refractivity contribution in [3.63, 3.8) is 0 Å². The average molecular weight is 257 g/mol. The van der Waals surface area contributed by atoms with Crippen molar-refractivity contribution >= 4 is 17.7 Å². The van der Waals surface area contributed by atoms with Gasteiger partial charge >= 0.3 is 0 Å². The van der Waals surface area contributed by atoms with Gasteiger partial charge in [0.25, 0.3) is 0 Å². The molecule has 2 atom stereocenters. The molecule has 1 aliphatic carbocycles. The fourth-order valence-electron chi connectivity index (χ4n) is 2.45. The molecule has 0 saturated carbocycles. The van der Waals surface area contributed by atoms with Gasteiger partial charge in [0, 0.05) is 10.9 Å². The summed E-state index contributed by atoms with van der Waals surface area (Å²) >= 11 is 6.01. The van der Waals surface area contributed by atoms with Crippen LogP contribution in [0.15, 0.2) is 54.6 Å². The summed E-state index contributed by atoms with van der Waals surface area (Å²) in [6.07, 6.45) is 3.59. The smallest absolute Gasteiger partial charge is 0.0899 e. The molecule has 1 N–H and O–H groups in total. The second-order valence-corrected chi connectivity index (χ2v) is 4.95. The molecule has 18 heavy (non-hydrogen) atoms. The van der Waals surface area contributed by atoms with E-state index in [1.165, 1.54) is 0 Å². The maximum atomic E-state index is 10.5. The van der Waals surface area contributed by atoms with E-state index in [2.05, 4.69) is 6.08 Å². The minimum atomic E-state index is -0.510. The molecular weight excluding hydrogens is 244 g/mol. The van der Waals surface area contributed by atoms with Crippen LogP contribution in [0.3, 0.4) is 0 Å². The fraction of sp³-hybridized carbons (Fsp3) is 0.125. The van der Waals surface area contributed by atoms with Crippen molar-refractivity contribution in [3.05, 3.63) is 76.3 Å². The van der Waals surface area contributed by atoms with Crippen molar-refractivity contribution in [2.45, 2.75) is 12.0 Å². The Labute approximate surface area is 111 Å². The van der Waals surface area contributed by atoms with E-state index in [9.17, 15) is 5.11 Å². The summed E-state index contributed by atoms with van der Waals surface area (Å²) in [5.41, 5.74) is 3.11. The van der Waals surface area contributed by atoms with Crippen LogP contribution in [0.25, 0.3) is 6.08 Å². The molecule has 0 aliphatic heterocycles. The molecule has 1 unspecified atom stereocenters. The number of rotatable bonds is 1. The Morgan fingerprint density at radius 2 is 1.83 bits per heavy atom. The Hall–Kier alpha value is -1.57. The van der Waals surface area contributed by atoms with Crippen LogP contribution < -0.4 is 0 Å². The van der Waals surface area contributed by atoms with Gasteiger partial charge in [0.15, 0.2) is 0 Å². The van der Waals surface area contributed by atoms with E-state index >= 15 is 0 Å². The van der Waals surface area contributed by atoms with Gasteiger partial charge in [0.1, 0.15) is 0 Å². The van der Waals surface area contributed by atoms with Crippen LogP contribution in [-0.2, 0) is 0 Å². The van der Waals surface area contributed by atoms with E-state index in [1.807, 2.05) is 54.6 Å². The second-order valence-electron chi connectivity index (χ2n) is 4.51. The molecule has 2 heteroatoms. The molecule has 0 saturated heterocycles. The Balaban J connectivity index is 2.03. The molecule has 3 rings (SSSR count). The van der Waals surface area contributed by atoms with E-state index in [0.29, 0.717) is 5.02 Å². The molecule has 0 radical (unpaired) electrons. The number of halogens is 1. The summed E-state index contributed by atoms with van der Waals surface area (Å²) in [5.74, 6) is -0.0291. The first kappa shape index (κ1) is 11.5. The molecule has 2 aromatic rings. The molecule has 0 amide bonds. The van der Waals surface area contributed by atoms with Crippen molar-refractivity contribution in [1.82, 2.24) is 0 Å². The van der Waals surface area contributed by atoms with Crippen molar-refractivity contribution in [3.8, 4) is 0 Å². The molecule has 1 aliphatic rings. The lowest BCUT2D eigenvalue weighted by Gasteiger charge is -2.26. The molecule has 2 aromatic carbocycles. The summed E-state index contributed by atoms with van der Waals surface area (Å²) in [6.45, 7) is 0. The van der Waals surface area contributed by atoms with Gasteiger partial charge < -0.3 is 5.11 Å². The predicted molar refractivity (Wildman–Crippen MR) is 74.6 cm³/mol. The van der Waals surface area contributed by atoms with Crippen LogP contribution in [-0.4, -0.2) is 5.11 Å². The van der Waals surface area contributed by atoms with Crippen molar-refractivity contribution < 1.29 is 5.11 Å². The van der Waals surface area contributed by atoms with Gasteiger partial charge in [-0.15, -0.1) is 0 Å². The van der Waals surface area contributed by atoms with Crippen LogP contribution in [0.4, 0.5) is 0 Å². The lowest BCUT2D eigenvalue weighted by atomic mass is 9.83. The van der Waals surface area contributed by atoms with Crippen LogP contribution in [0.2, 0.25) is 5.02 Å². The van der Waals surface area contributed by atoms with Gasteiger partial charge in [-0.2, -0.15) is 0 Å². The number of aliphatic hydroxyl groups excluding tert-OH is 1. The van der Waals surface area contributed by atoms with Crippen LogP contribution in [0.5, 0.6) is 0 Å². The summed E-state index contributed by atoms with van der Waals surface area (Å²) < 4.78 is 0. The first-order valence-corrected chi connectivity index (χ1v) is 6.34. The van der Waals surface area contributed by atoms with Gasteiger partial charge in [-0.25, -0.2) is 0 Å². The quantitative estimate of drug-likeness (QED) is 0.811. The predicted octanol–water partition coefficient (Wildman–Crippen LogP) is 4.18. The number of fused-ring (bicyclic) bond motifs is 1. The van der Waals surface area contributed by atoms with Crippen molar-refractivity contribution in [2.75, 3.05) is 0 Å². The van der Waals surface area contributed by atoms with E-state index in [0.717, 1.165) is 16.7 Å². The maximum Gasteiger partial charge on any atom is 0.0899 e. The monoisotopic (exact) mass is 256 g/mol. The highest BCUT2D eigenvalue weighted by Crippen LogP contribution is 2.38. The Morgan fingerprint density at radius 3 is 2.67 bits per heavy atom. The molecule has 1 nitrogen and oxygen atoms in total. The minimum Gasteiger partial charge on any atom is -0.387 e. The molecule has 0 spiro atoms. The summed E-state index contributed by atoms with van der Waals surface area (Å²) in [7, 11) is 0. The van der Waals surface area contributed by atoms with Crippen LogP contribution in [0, 0.1) is 0 Å². The Kier molecular flexibility index (Phi) is 2.94. The highest BCUT2D eigenvalue weighted by Gasteiger charge is 2.25. The van der Waals surface area contributed by atoms with Gasteiger partial charge in [-0.05, 0) is 28.8 Å². The second kappa shape index (κ2) is 4.60. The molecular formula is C16H13ClO. The third kappa shape index (κ3) is 1.96. The average Bonchev–Trinajstić information content (AvgIpc) is 2.39. The molecule has 0 aromatic heterocycles. The van der Waals surface area contributed by atoms with Gasteiger partial charge in [-0.3, -0.25) is 0 Å². The summed E-state index contributed by atoms with van der Waals surface area (Å²) in [6, 6.07) is 15.6. The Bertz CT molecular complexity index is 604. The SMILES string of the molecule is OC1c2ccccc2C=C[C@@H]1c1cccc(Cl)c1. The molecule has 90 valence electrons. The zero-order chi connectivity index (χ0) is 12.5. The topological polar surface area (TPSA) is 20.2 Å². The van der Waals surface area contributed by atoms with E-state index in [-0.39, 0.29) is 5.92 Å². The number of hydrogen-bond acceptors (Lipinski definition) is 1. The van der Waals surface area contributed by atoms with Gasteiger partial charge in [-0.1, -0.05) is 60.2 Å². The van der Waals surface area contributed by atoms with Crippen LogP contribution >= 0.6 is 11.6 Å². The van der Waals surface area contributed by atoms with Gasteiger partial charge in [0.05, 0.1) is 6.10 Å².